The minimum atomic E-state index is 0.129. The number of allylic oxidation sites excluding steroid dienone is 2. The van der Waals surface area contributed by atoms with Gasteiger partial charge >= 0.3 is 0 Å². The van der Waals surface area contributed by atoms with Crippen LogP contribution in [0, 0.1) is 6.92 Å². The molecule has 0 spiro atoms. The molecular formula is C16H17ClN4. The number of aromatic amines is 1. The van der Waals surface area contributed by atoms with Crippen LogP contribution >= 0.6 is 11.6 Å². The van der Waals surface area contributed by atoms with Gasteiger partial charge in [-0.15, -0.1) is 0 Å². The number of hydrogen-bond acceptors (Lipinski definition) is 3. The molecule has 2 aromatic rings. The largest absolute Gasteiger partial charge is 0.337 e. The fraction of sp³-hybridized carbons (Fsp3) is 0.188. The summed E-state index contributed by atoms with van der Waals surface area (Å²) in [7, 11) is 0. The van der Waals surface area contributed by atoms with E-state index in [-0.39, 0.29) is 6.04 Å². The van der Waals surface area contributed by atoms with Crippen molar-refractivity contribution in [3.8, 4) is 11.3 Å². The Morgan fingerprint density at radius 2 is 2.24 bits per heavy atom. The van der Waals surface area contributed by atoms with Gasteiger partial charge in [-0.05, 0) is 25.1 Å². The SMILES string of the molecule is Cc1n[nH]c(-c2cccc(Cl)c2)c1N1C=CC=CC1CN. The molecule has 1 unspecified atom stereocenters. The van der Waals surface area contributed by atoms with Crippen molar-refractivity contribution in [1.29, 1.82) is 0 Å². The molecule has 1 aromatic heterocycles. The maximum atomic E-state index is 6.10. The minimum Gasteiger partial charge on any atom is -0.337 e. The number of benzene rings is 1. The standard InChI is InChI=1S/C16H17ClN4/c1-11-16(21-8-3-2-7-14(21)10-18)15(20-19-11)12-5-4-6-13(17)9-12/h2-9,14H,10,18H2,1H3,(H,19,20). The Morgan fingerprint density at radius 1 is 1.38 bits per heavy atom. The molecule has 1 aliphatic rings. The number of anilines is 1. The average molecular weight is 301 g/mol. The zero-order valence-electron chi connectivity index (χ0n) is 11.8. The first-order valence-corrected chi connectivity index (χ1v) is 7.23. The Balaban J connectivity index is 2.09. The highest BCUT2D eigenvalue weighted by Gasteiger charge is 2.22. The maximum Gasteiger partial charge on any atom is 0.0906 e. The van der Waals surface area contributed by atoms with Gasteiger partial charge in [0.1, 0.15) is 0 Å². The predicted octanol–water partition coefficient (Wildman–Crippen LogP) is 3.26. The molecule has 2 heterocycles. The number of nitrogens with two attached hydrogens (primary N) is 1. The van der Waals surface area contributed by atoms with Crippen molar-refractivity contribution < 1.29 is 0 Å². The first kappa shape index (κ1) is 13.9. The lowest BCUT2D eigenvalue weighted by Gasteiger charge is -2.30. The van der Waals surface area contributed by atoms with Gasteiger partial charge in [0.25, 0.3) is 0 Å². The van der Waals surface area contributed by atoms with E-state index in [1.807, 2.05) is 49.5 Å². The van der Waals surface area contributed by atoms with Crippen LogP contribution in [0.1, 0.15) is 5.69 Å². The molecule has 4 nitrogen and oxygen atoms in total. The molecule has 3 rings (SSSR count). The van der Waals surface area contributed by atoms with Crippen LogP contribution in [0.2, 0.25) is 5.02 Å². The summed E-state index contributed by atoms with van der Waals surface area (Å²) in [5.41, 5.74) is 9.82. The van der Waals surface area contributed by atoms with Crippen molar-refractivity contribution in [3.05, 3.63) is 59.4 Å². The van der Waals surface area contributed by atoms with Crippen molar-refractivity contribution in [2.75, 3.05) is 11.4 Å². The van der Waals surface area contributed by atoms with Gasteiger partial charge in [-0.3, -0.25) is 5.10 Å². The monoisotopic (exact) mass is 300 g/mol. The molecule has 1 aromatic carbocycles. The third-order valence-corrected chi connectivity index (χ3v) is 3.81. The Kier molecular flexibility index (Phi) is 3.82. The smallest absolute Gasteiger partial charge is 0.0906 e. The average Bonchev–Trinajstić information content (AvgIpc) is 2.89. The molecule has 3 N–H and O–H groups in total. The number of aryl methyl sites for hydroxylation is 1. The van der Waals surface area contributed by atoms with Gasteiger partial charge in [0.05, 0.1) is 23.1 Å². The van der Waals surface area contributed by atoms with Crippen LogP contribution in [0.3, 0.4) is 0 Å². The topological polar surface area (TPSA) is 57.9 Å². The summed E-state index contributed by atoms with van der Waals surface area (Å²) >= 11 is 6.10. The second kappa shape index (κ2) is 5.76. The molecular weight excluding hydrogens is 284 g/mol. The van der Waals surface area contributed by atoms with Crippen LogP contribution in [0.25, 0.3) is 11.3 Å². The van der Waals surface area contributed by atoms with Crippen molar-refractivity contribution in [1.82, 2.24) is 10.2 Å². The van der Waals surface area contributed by atoms with Gasteiger partial charge in [0.2, 0.25) is 0 Å². The highest BCUT2D eigenvalue weighted by Crippen LogP contribution is 2.34. The summed E-state index contributed by atoms with van der Waals surface area (Å²) in [5.74, 6) is 0. The van der Waals surface area contributed by atoms with Gasteiger partial charge in [-0.1, -0.05) is 35.9 Å². The fourth-order valence-corrected chi connectivity index (χ4v) is 2.75. The highest BCUT2D eigenvalue weighted by molar-refractivity contribution is 6.30. The van der Waals surface area contributed by atoms with Gasteiger partial charge in [0, 0.05) is 23.3 Å². The number of H-pyrrole nitrogens is 1. The van der Waals surface area contributed by atoms with E-state index in [0.29, 0.717) is 11.6 Å². The zero-order chi connectivity index (χ0) is 14.8. The molecule has 0 bridgehead atoms. The van der Waals surface area contributed by atoms with E-state index in [1.165, 1.54) is 0 Å². The molecule has 0 aliphatic carbocycles. The van der Waals surface area contributed by atoms with E-state index in [1.54, 1.807) is 0 Å². The number of rotatable bonds is 3. The highest BCUT2D eigenvalue weighted by atomic mass is 35.5. The molecule has 0 radical (unpaired) electrons. The molecule has 0 amide bonds. The van der Waals surface area contributed by atoms with Crippen LogP contribution in [0.15, 0.2) is 48.7 Å². The van der Waals surface area contributed by atoms with Crippen LogP contribution in [0.5, 0.6) is 0 Å². The van der Waals surface area contributed by atoms with Crippen molar-refractivity contribution in [3.63, 3.8) is 0 Å². The zero-order valence-corrected chi connectivity index (χ0v) is 12.5. The van der Waals surface area contributed by atoms with E-state index < -0.39 is 0 Å². The molecule has 108 valence electrons. The first-order valence-electron chi connectivity index (χ1n) is 6.85. The molecule has 21 heavy (non-hydrogen) atoms. The number of hydrogen-bond donors (Lipinski definition) is 2. The first-order chi connectivity index (χ1) is 10.2. The summed E-state index contributed by atoms with van der Waals surface area (Å²) in [6.45, 7) is 2.53. The molecule has 5 heteroatoms. The van der Waals surface area contributed by atoms with Gasteiger partial charge in [-0.2, -0.15) is 5.10 Å². The maximum absolute atomic E-state index is 6.10. The number of nitrogens with one attached hydrogen (secondary N) is 1. The number of aromatic nitrogens is 2. The normalized spacial score (nSPS) is 17.5. The summed E-state index contributed by atoms with van der Waals surface area (Å²) in [4.78, 5) is 2.15. The predicted molar refractivity (Wildman–Crippen MR) is 87.4 cm³/mol. The lowest BCUT2D eigenvalue weighted by Crippen LogP contribution is -2.37. The van der Waals surface area contributed by atoms with Gasteiger partial charge < -0.3 is 10.6 Å². The molecule has 0 fully saturated rings. The third-order valence-electron chi connectivity index (χ3n) is 3.58. The summed E-state index contributed by atoms with van der Waals surface area (Å²) in [5, 5.41) is 8.17. The van der Waals surface area contributed by atoms with Crippen molar-refractivity contribution in [2.24, 2.45) is 5.73 Å². The Bertz CT molecular complexity index is 702. The quantitative estimate of drug-likeness (QED) is 0.915. The van der Waals surface area contributed by atoms with Crippen LogP contribution in [0.4, 0.5) is 5.69 Å². The van der Waals surface area contributed by atoms with Crippen molar-refractivity contribution in [2.45, 2.75) is 13.0 Å². The Hall–Kier alpha value is -2.04. The lowest BCUT2D eigenvalue weighted by molar-refractivity contribution is 0.772. The molecule has 0 saturated heterocycles. The van der Waals surface area contributed by atoms with E-state index in [2.05, 4.69) is 21.2 Å². The number of halogens is 1. The van der Waals surface area contributed by atoms with E-state index in [0.717, 1.165) is 22.6 Å². The second-order valence-electron chi connectivity index (χ2n) is 4.98. The summed E-state index contributed by atoms with van der Waals surface area (Å²) < 4.78 is 0. The fourth-order valence-electron chi connectivity index (χ4n) is 2.56. The van der Waals surface area contributed by atoms with Crippen LogP contribution in [-0.2, 0) is 0 Å². The van der Waals surface area contributed by atoms with E-state index in [9.17, 15) is 0 Å². The van der Waals surface area contributed by atoms with Gasteiger partial charge in [0.15, 0.2) is 0 Å². The minimum absolute atomic E-state index is 0.129. The molecule has 1 aliphatic heterocycles. The second-order valence-corrected chi connectivity index (χ2v) is 5.42. The van der Waals surface area contributed by atoms with E-state index >= 15 is 0 Å². The summed E-state index contributed by atoms with van der Waals surface area (Å²) in [6.07, 6.45) is 8.14. The Labute approximate surface area is 128 Å². The van der Waals surface area contributed by atoms with Crippen LogP contribution in [-0.4, -0.2) is 22.8 Å². The Morgan fingerprint density at radius 3 is 3.00 bits per heavy atom. The van der Waals surface area contributed by atoms with Crippen molar-refractivity contribution >= 4 is 17.3 Å². The van der Waals surface area contributed by atoms with E-state index in [4.69, 9.17) is 17.3 Å². The molecule has 1 atom stereocenters. The third kappa shape index (κ3) is 2.60. The lowest BCUT2D eigenvalue weighted by atomic mass is 10.1. The summed E-state index contributed by atoms with van der Waals surface area (Å²) in [6, 6.07) is 7.87. The number of nitrogens with zero attached hydrogens (tertiary/aromatic N) is 2. The van der Waals surface area contributed by atoms with Gasteiger partial charge in [-0.25, -0.2) is 0 Å². The van der Waals surface area contributed by atoms with Crippen LogP contribution < -0.4 is 10.6 Å². The molecule has 0 saturated carbocycles.